The molecule has 0 spiro atoms. The fraction of sp³-hybridized carbons (Fsp3) is 1.00. The molecular formula is C8H19N3O2S. The summed E-state index contributed by atoms with van der Waals surface area (Å²) in [5.41, 5.74) is 0.0831. The van der Waals surface area contributed by atoms with E-state index in [0.29, 0.717) is 13.1 Å². The minimum Gasteiger partial charge on any atom is -0.314 e. The van der Waals surface area contributed by atoms with Crippen LogP contribution in [-0.4, -0.2) is 45.4 Å². The average molecular weight is 221 g/mol. The van der Waals surface area contributed by atoms with Gasteiger partial charge in [-0.25, -0.2) is 4.72 Å². The van der Waals surface area contributed by atoms with Crippen molar-refractivity contribution in [2.24, 2.45) is 0 Å². The molecule has 0 aromatic carbocycles. The summed E-state index contributed by atoms with van der Waals surface area (Å²) >= 11 is 0. The quantitative estimate of drug-likeness (QED) is 0.677. The Hall–Kier alpha value is -0.170. The van der Waals surface area contributed by atoms with E-state index in [2.05, 4.69) is 17.0 Å². The van der Waals surface area contributed by atoms with Crippen LogP contribution in [0.3, 0.4) is 0 Å². The van der Waals surface area contributed by atoms with E-state index in [0.717, 1.165) is 12.8 Å². The van der Waals surface area contributed by atoms with Crippen LogP contribution in [0.15, 0.2) is 0 Å². The van der Waals surface area contributed by atoms with Gasteiger partial charge in [0.05, 0.1) is 0 Å². The Morgan fingerprint density at radius 3 is 2.07 bits per heavy atom. The smallest absolute Gasteiger partial charge is 0.279 e. The highest BCUT2D eigenvalue weighted by Crippen LogP contribution is 2.22. The molecule has 0 radical (unpaired) electrons. The van der Waals surface area contributed by atoms with Crippen LogP contribution in [0.25, 0.3) is 0 Å². The lowest BCUT2D eigenvalue weighted by Gasteiger charge is -2.38. The van der Waals surface area contributed by atoms with Crippen molar-refractivity contribution in [3.8, 4) is 0 Å². The largest absolute Gasteiger partial charge is 0.314 e. The number of rotatable bonds is 3. The molecule has 0 aliphatic carbocycles. The van der Waals surface area contributed by atoms with Crippen LogP contribution in [0.1, 0.15) is 19.8 Å². The Labute approximate surface area is 86.0 Å². The predicted octanol–water partition coefficient (Wildman–Crippen LogP) is -0.475. The van der Waals surface area contributed by atoms with Crippen LogP contribution in [0.5, 0.6) is 0 Å². The third kappa shape index (κ3) is 2.44. The van der Waals surface area contributed by atoms with Crippen LogP contribution in [0.4, 0.5) is 0 Å². The van der Waals surface area contributed by atoms with Crippen LogP contribution >= 0.6 is 0 Å². The van der Waals surface area contributed by atoms with Gasteiger partial charge in [0.25, 0.3) is 10.2 Å². The van der Waals surface area contributed by atoms with Crippen LogP contribution in [0, 0.1) is 0 Å². The van der Waals surface area contributed by atoms with E-state index >= 15 is 0 Å². The summed E-state index contributed by atoms with van der Waals surface area (Å²) < 4.78 is 26.7. The zero-order valence-corrected chi connectivity index (χ0v) is 9.82. The van der Waals surface area contributed by atoms with Gasteiger partial charge in [0.1, 0.15) is 0 Å². The second-order valence-corrected chi connectivity index (χ2v) is 5.79. The number of hydrogen-bond acceptors (Lipinski definition) is 3. The van der Waals surface area contributed by atoms with E-state index in [1.54, 1.807) is 0 Å². The van der Waals surface area contributed by atoms with Crippen LogP contribution < -0.4 is 10.0 Å². The molecule has 5 nitrogen and oxygen atoms in total. The lowest BCUT2D eigenvalue weighted by atomic mass is 9.91. The Balaban J connectivity index is 2.60. The van der Waals surface area contributed by atoms with Gasteiger partial charge in [-0.2, -0.15) is 12.7 Å². The van der Waals surface area contributed by atoms with Crippen molar-refractivity contribution in [2.75, 3.05) is 27.2 Å². The highest BCUT2D eigenvalue weighted by molar-refractivity contribution is 7.87. The molecule has 6 heteroatoms. The standard InChI is InChI=1S/C8H19N3O2S/c1-8(9-2)4-6-11(7-5-8)14(12,13)10-3/h9-10H,4-7H2,1-3H3. The van der Waals surface area contributed by atoms with E-state index in [1.165, 1.54) is 11.4 Å². The van der Waals surface area contributed by atoms with Crippen molar-refractivity contribution in [2.45, 2.75) is 25.3 Å². The molecule has 0 unspecified atom stereocenters. The van der Waals surface area contributed by atoms with Crippen molar-refractivity contribution in [1.29, 1.82) is 0 Å². The van der Waals surface area contributed by atoms with E-state index in [9.17, 15) is 8.42 Å². The molecule has 2 N–H and O–H groups in total. The fourth-order valence-corrected chi connectivity index (χ4v) is 2.52. The maximum Gasteiger partial charge on any atom is 0.279 e. The summed E-state index contributed by atoms with van der Waals surface area (Å²) in [6.07, 6.45) is 1.70. The first-order chi connectivity index (χ1) is 6.43. The second kappa shape index (κ2) is 4.14. The SMILES string of the molecule is CNC1(C)CCN(S(=O)(=O)NC)CC1. The zero-order valence-electron chi connectivity index (χ0n) is 9.00. The topological polar surface area (TPSA) is 61.4 Å². The predicted molar refractivity (Wildman–Crippen MR) is 56.3 cm³/mol. The van der Waals surface area contributed by atoms with Crippen LogP contribution in [-0.2, 0) is 10.2 Å². The number of hydrogen-bond donors (Lipinski definition) is 2. The molecule has 0 aromatic heterocycles. The Bertz CT molecular complexity index is 281. The highest BCUT2D eigenvalue weighted by atomic mass is 32.2. The Morgan fingerprint density at radius 1 is 1.21 bits per heavy atom. The van der Waals surface area contributed by atoms with Crippen molar-refractivity contribution in [3.05, 3.63) is 0 Å². The van der Waals surface area contributed by atoms with Gasteiger partial charge in [0.2, 0.25) is 0 Å². The monoisotopic (exact) mass is 221 g/mol. The number of nitrogens with zero attached hydrogens (tertiary/aromatic N) is 1. The molecule has 0 saturated carbocycles. The van der Waals surface area contributed by atoms with Crippen molar-refractivity contribution in [1.82, 2.24) is 14.3 Å². The minimum atomic E-state index is -3.22. The van der Waals surface area contributed by atoms with Crippen molar-refractivity contribution < 1.29 is 8.42 Å². The molecule has 1 aliphatic heterocycles. The van der Waals surface area contributed by atoms with Gasteiger partial charge >= 0.3 is 0 Å². The molecule has 1 saturated heterocycles. The second-order valence-electron chi connectivity index (χ2n) is 3.92. The van der Waals surface area contributed by atoms with E-state index in [1.807, 2.05) is 7.05 Å². The molecule has 1 heterocycles. The summed E-state index contributed by atoms with van der Waals surface area (Å²) in [4.78, 5) is 0. The molecule has 1 rings (SSSR count). The van der Waals surface area contributed by atoms with Crippen molar-refractivity contribution in [3.63, 3.8) is 0 Å². The fourth-order valence-electron chi connectivity index (χ4n) is 1.60. The first kappa shape index (κ1) is 11.9. The third-order valence-corrected chi connectivity index (χ3v) is 4.59. The minimum absolute atomic E-state index is 0.0831. The molecule has 0 amide bonds. The first-order valence-electron chi connectivity index (χ1n) is 4.81. The summed E-state index contributed by atoms with van der Waals surface area (Å²) in [6, 6.07) is 0. The van der Waals surface area contributed by atoms with Gasteiger partial charge in [0, 0.05) is 25.7 Å². The number of piperidine rings is 1. The number of nitrogens with one attached hydrogen (secondary N) is 2. The third-order valence-electron chi connectivity index (χ3n) is 3.03. The van der Waals surface area contributed by atoms with Gasteiger partial charge in [-0.1, -0.05) is 0 Å². The molecule has 84 valence electrons. The van der Waals surface area contributed by atoms with Gasteiger partial charge in [-0.3, -0.25) is 0 Å². The molecule has 14 heavy (non-hydrogen) atoms. The van der Waals surface area contributed by atoms with Gasteiger partial charge in [-0.05, 0) is 26.8 Å². The Kier molecular flexibility index (Phi) is 3.52. The average Bonchev–Trinajstić information content (AvgIpc) is 2.19. The maximum atomic E-state index is 11.4. The van der Waals surface area contributed by atoms with Gasteiger partial charge < -0.3 is 5.32 Å². The summed E-state index contributed by atoms with van der Waals surface area (Å²) in [7, 11) is 0.140. The molecule has 0 bridgehead atoms. The van der Waals surface area contributed by atoms with Crippen molar-refractivity contribution >= 4 is 10.2 Å². The van der Waals surface area contributed by atoms with E-state index < -0.39 is 10.2 Å². The van der Waals surface area contributed by atoms with E-state index in [4.69, 9.17) is 0 Å². The van der Waals surface area contributed by atoms with E-state index in [-0.39, 0.29) is 5.54 Å². The lowest BCUT2D eigenvalue weighted by molar-refractivity contribution is 0.218. The zero-order chi connectivity index (χ0) is 10.8. The van der Waals surface area contributed by atoms with Gasteiger partial charge in [-0.15, -0.1) is 0 Å². The molecule has 0 aromatic rings. The Morgan fingerprint density at radius 2 is 1.71 bits per heavy atom. The normalized spacial score (nSPS) is 23.6. The molecule has 0 atom stereocenters. The summed E-state index contributed by atoms with van der Waals surface area (Å²) in [5.74, 6) is 0. The molecule has 1 aliphatic rings. The summed E-state index contributed by atoms with van der Waals surface area (Å²) in [5, 5.41) is 3.23. The summed E-state index contributed by atoms with van der Waals surface area (Å²) in [6.45, 7) is 3.29. The highest BCUT2D eigenvalue weighted by Gasteiger charge is 2.32. The van der Waals surface area contributed by atoms with Gasteiger partial charge in [0.15, 0.2) is 0 Å². The maximum absolute atomic E-state index is 11.4. The van der Waals surface area contributed by atoms with Crippen LogP contribution in [0.2, 0.25) is 0 Å². The first-order valence-corrected chi connectivity index (χ1v) is 6.25. The molecular weight excluding hydrogens is 202 g/mol. The molecule has 1 fully saturated rings. The lowest BCUT2D eigenvalue weighted by Crippen LogP contribution is -2.53.